The van der Waals surface area contributed by atoms with E-state index < -0.39 is 36.5 Å². The van der Waals surface area contributed by atoms with E-state index in [-0.39, 0.29) is 23.4 Å². The molecule has 0 spiro atoms. The summed E-state index contributed by atoms with van der Waals surface area (Å²) >= 11 is 0. The molecule has 8 nitrogen and oxygen atoms in total. The van der Waals surface area contributed by atoms with Gasteiger partial charge in [0.05, 0.1) is 11.3 Å². The maximum atomic E-state index is 12.1. The van der Waals surface area contributed by atoms with Gasteiger partial charge in [0.2, 0.25) is 0 Å². The van der Waals surface area contributed by atoms with Crippen molar-refractivity contribution in [1.82, 2.24) is 10.6 Å². The summed E-state index contributed by atoms with van der Waals surface area (Å²) < 4.78 is 41.2. The average molecular weight is 401 g/mol. The van der Waals surface area contributed by atoms with Crippen LogP contribution < -0.4 is 16.0 Å². The molecule has 0 aliphatic rings. The Morgan fingerprint density at radius 1 is 1.14 bits per heavy atom. The highest BCUT2D eigenvalue weighted by Crippen LogP contribution is 2.18. The fourth-order valence-electron chi connectivity index (χ4n) is 1.76. The third-order valence-electron chi connectivity index (χ3n) is 2.91. The quantitative estimate of drug-likeness (QED) is 0.477. The summed E-state index contributed by atoms with van der Waals surface area (Å²) in [6, 6.07) is 4.65. The summed E-state index contributed by atoms with van der Waals surface area (Å²) in [5, 5.41) is 6.74. The zero-order valence-corrected chi connectivity index (χ0v) is 14.9. The fourth-order valence-corrected chi connectivity index (χ4v) is 1.76. The molecule has 0 aromatic heterocycles. The number of ether oxygens (including phenoxy) is 1. The van der Waals surface area contributed by atoms with E-state index in [2.05, 4.69) is 10.6 Å². The molecule has 0 saturated carbocycles. The number of nitrogens with one attached hydrogen (secondary N) is 3. The molecule has 0 heterocycles. The van der Waals surface area contributed by atoms with Crippen molar-refractivity contribution in [3.8, 4) is 0 Å². The number of carbonyl (C=O) groups is 4. The van der Waals surface area contributed by atoms with E-state index in [9.17, 15) is 32.3 Å². The lowest BCUT2D eigenvalue weighted by Gasteiger charge is -2.11. The van der Waals surface area contributed by atoms with Gasteiger partial charge in [0.1, 0.15) is 0 Å². The van der Waals surface area contributed by atoms with Crippen LogP contribution in [0.5, 0.6) is 0 Å². The Morgan fingerprint density at radius 2 is 1.79 bits per heavy atom. The topological polar surface area (TPSA) is 114 Å². The number of benzene rings is 1. The average Bonchev–Trinajstić information content (AvgIpc) is 2.58. The Bertz CT molecular complexity index is 776. The third-order valence-corrected chi connectivity index (χ3v) is 2.91. The number of halogens is 3. The first-order valence-electron chi connectivity index (χ1n) is 7.91. The van der Waals surface area contributed by atoms with Crippen molar-refractivity contribution in [3.63, 3.8) is 0 Å². The predicted octanol–water partition coefficient (Wildman–Crippen LogP) is 2.13. The van der Waals surface area contributed by atoms with Crippen molar-refractivity contribution in [2.24, 2.45) is 0 Å². The van der Waals surface area contributed by atoms with Crippen LogP contribution in [0, 0.1) is 0 Å². The number of imide groups is 1. The highest BCUT2D eigenvalue weighted by Gasteiger charge is 2.36. The predicted molar refractivity (Wildman–Crippen MR) is 92.4 cm³/mol. The first kappa shape index (κ1) is 22.7. The van der Waals surface area contributed by atoms with Crippen LogP contribution in [0.15, 0.2) is 36.5 Å². The van der Waals surface area contributed by atoms with Crippen molar-refractivity contribution in [3.05, 3.63) is 42.1 Å². The van der Waals surface area contributed by atoms with Crippen molar-refractivity contribution >= 4 is 29.4 Å². The Hall–Kier alpha value is -3.37. The monoisotopic (exact) mass is 401 g/mol. The molecule has 0 aliphatic heterocycles. The standard InChI is InChI=1S/C17H18F3N3O5/c1-10(2)22-16(27)23-14(25)9-28-15(26)11-5-3-4-6-12(11)21-8-7-13(24)17(18,19)20/h3-8,10,21H,9H2,1-2H3,(H2,22,23,25,27)/b8-7+. The van der Waals surface area contributed by atoms with Crippen LogP contribution in [0.2, 0.25) is 0 Å². The lowest BCUT2D eigenvalue weighted by atomic mass is 10.2. The number of carbonyl (C=O) groups excluding carboxylic acids is 4. The second-order valence-corrected chi connectivity index (χ2v) is 5.64. The molecular formula is C17H18F3N3O5. The first-order chi connectivity index (χ1) is 13.0. The summed E-state index contributed by atoms with van der Waals surface area (Å²) in [6.07, 6.45) is -4.01. The van der Waals surface area contributed by atoms with Gasteiger partial charge in [-0.15, -0.1) is 0 Å². The smallest absolute Gasteiger partial charge is 0.452 e. The minimum atomic E-state index is -5.01. The molecule has 152 valence electrons. The van der Waals surface area contributed by atoms with Crippen LogP contribution in [0.25, 0.3) is 0 Å². The van der Waals surface area contributed by atoms with Crippen molar-refractivity contribution in [2.75, 3.05) is 11.9 Å². The number of rotatable bonds is 7. The number of anilines is 1. The molecule has 0 atom stereocenters. The van der Waals surface area contributed by atoms with Gasteiger partial charge in [-0.25, -0.2) is 9.59 Å². The lowest BCUT2D eigenvalue weighted by Crippen LogP contribution is -2.44. The van der Waals surface area contributed by atoms with E-state index in [1.807, 2.05) is 5.32 Å². The number of para-hydroxylation sites is 1. The van der Waals surface area contributed by atoms with Crippen LogP contribution in [0.3, 0.4) is 0 Å². The molecule has 28 heavy (non-hydrogen) atoms. The lowest BCUT2D eigenvalue weighted by molar-refractivity contribution is -0.165. The SMILES string of the molecule is CC(C)NC(=O)NC(=O)COC(=O)c1ccccc1N/C=C/C(=O)C(F)(F)F. The molecular weight excluding hydrogens is 383 g/mol. The highest BCUT2D eigenvalue weighted by atomic mass is 19.4. The Labute approximate surface area is 158 Å². The number of esters is 1. The molecule has 0 aliphatic carbocycles. The summed E-state index contributed by atoms with van der Waals surface area (Å²) in [5.41, 5.74) is -0.0391. The van der Waals surface area contributed by atoms with Gasteiger partial charge in [-0.1, -0.05) is 12.1 Å². The normalized spacial score (nSPS) is 11.2. The van der Waals surface area contributed by atoms with Crippen molar-refractivity contribution in [1.29, 1.82) is 0 Å². The fraction of sp³-hybridized carbons (Fsp3) is 0.294. The number of alkyl halides is 3. The van der Waals surface area contributed by atoms with E-state index >= 15 is 0 Å². The number of urea groups is 1. The zero-order chi connectivity index (χ0) is 21.3. The molecule has 0 fully saturated rings. The second kappa shape index (κ2) is 10.1. The summed E-state index contributed by atoms with van der Waals surface area (Å²) in [4.78, 5) is 45.8. The molecule has 3 amide bonds. The largest absolute Gasteiger partial charge is 0.454 e. The zero-order valence-electron chi connectivity index (χ0n) is 14.9. The van der Waals surface area contributed by atoms with Gasteiger partial charge < -0.3 is 15.4 Å². The molecule has 0 saturated heterocycles. The number of hydrogen-bond acceptors (Lipinski definition) is 6. The van der Waals surface area contributed by atoms with Crippen LogP contribution >= 0.6 is 0 Å². The van der Waals surface area contributed by atoms with Crippen LogP contribution in [0.1, 0.15) is 24.2 Å². The maximum absolute atomic E-state index is 12.1. The molecule has 11 heteroatoms. The van der Waals surface area contributed by atoms with Gasteiger partial charge >= 0.3 is 18.2 Å². The molecule has 1 aromatic carbocycles. The van der Waals surface area contributed by atoms with Crippen molar-refractivity contribution in [2.45, 2.75) is 26.1 Å². The number of ketones is 1. The third kappa shape index (κ3) is 7.89. The molecule has 0 unspecified atom stereocenters. The van der Waals surface area contributed by atoms with Crippen LogP contribution in [0.4, 0.5) is 23.7 Å². The molecule has 1 aromatic rings. The number of allylic oxidation sites excluding steroid dienone is 1. The van der Waals surface area contributed by atoms with E-state index in [0.717, 1.165) is 6.20 Å². The molecule has 0 radical (unpaired) electrons. The Balaban J connectivity index is 2.67. The highest BCUT2D eigenvalue weighted by molar-refractivity contribution is 5.99. The summed E-state index contributed by atoms with van der Waals surface area (Å²) in [6.45, 7) is 2.62. The van der Waals surface area contributed by atoms with Gasteiger partial charge in [-0.3, -0.25) is 14.9 Å². The second-order valence-electron chi connectivity index (χ2n) is 5.64. The van der Waals surface area contributed by atoms with E-state index in [4.69, 9.17) is 4.74 Å². The molecule has 0 bridgehead atoms. The van der Waals surface area contributed by atoms with Crippen LogP contribution in [-0.4, -0.2) is 42.5 Å². The van der Waals surface area contributed by atoms with E-state index in [0.29, 0.717) is 0 Å². The Kier molecular flexibility index (Phi) is 8.17. The van der Waals surface area contributed by atoms with Gasteiger partial charge in [0, 0.05) is 18.3 Å². The molecule has 1 rings (SSSR count). The van der Waals surface area contributed by atoms with Crippen molar-refractivity contribution < 1.29 is 37.1 Å². The van der Waals surface area contributed by atoms with Gasteiger partial charge in [-0.05, 0) is 26.0 Å². The van der Waals surface area contributed by atoms with E-state index in [1.165, 1.54) is 24.3 Å². The number of hydrogen-bond donors (Lipinski definition) is 3. The van der Waals surface area contributed by atoms with Gasteiger partial charge in [0.15, 0.2) is 6.61 Å². The number of amides is 3. The first-order valence-corrected chi connectivity index (χ1v) is 7.91. The van der Waals surface area contributed by atoms with E-state index in [1.54, 1.807) is 13.8 Å². The Morgan fingerprint density at radius 3 is 2.39 bits per heavy atom. The summed E-state index contributed by atoms with van der Waals surface area (Å²) in [5.74, 6) is -3.90. The van der Waals surface area contributed by atoms with Crippen LogP contribution in [-0.2, 0) is 14.3 Å². The minimum absolute atomic E-state index is 0.0525. The molecule has 3 N–H and O–H groups in total. The van der Waals surface area contributed by atoms with Gasteiger partial charge in [-0.2, -0.15) is 13.2 Å². The minimum Gasteiger partial charge on any atom is -0.452 e. The maximum Gasteiger partial charge on any atom is 0.454 e. The summed E-state index contributed by atoms with van der Waals surface area (Å²) in [7, 11) is 0. The van der Waals surface area contributed by atoms with Gasteiger partial charge in [0.25, 0.3) is 11.7 Å².